The van der Waals surface area contributed by atoms with E-state index in [0.29, 0.717) is 23.7 Å². The van der Waals surface area contributed by atoms with Crippen molar-refractivity contribution >= 4 is 29.3 Å². The maximum Gasteiger partial charge on any atom is 0.334 e. The summed E-state index contributed by atoms with van der Waals surface area (Å²) in [5.41, 5.74) is 4.01. The van der Waals surface area contributed by atoms with Crippen molar-refractivity contribution in [2.75, 3.05) is 13.2 Å². The van der Waals surface area contributed by atoms with Gasteiger partial charge in [-0.15, -0.1) is 5.11 Å². The molecule has 0 spiro atoms. The lowest BCUT2D eigenvalue weighted by atomic mass is 10.0. The van der Waals surface area contributed by atoms with Crippen molar-refractivity contribution in [1.82, 2.24) is 5.32 Å². The summed E-state index contributed by atoms with van der Waals surface area (Å²) in [6.07, 6.45) is 8.05. The molecule has 3 rings (SSSR count). The highest BCUT2D eigenvalue weighted by atomic mass is 16.5. The molecule has 0 saturated carbocycles. The largest absolute Gasteiger partial charge is 0.463 e. The van der Waals surface area contributed by atoms with Crippen molar-refractivity contribution in [3.8, 4) is 0 Å². The molecule has 0 aliphatic carbocycles. The van der Waals surface area contributed by atoms with E-state index in [1.54, 1.807) is 13.0 Å². The van der Waals surface area contributed by atoms with Crippen LogP contribution in [-0.4, -0.2) is 25.0 Å². The van der Waals surface area contributed by atoms with Crippen LogP contribution in [0, 0.1) is 0 Å². The third-order valence-electron chi connectivity index (χ3n) is 3.79. The van der Waals surface area contributed by atoms with E-state index in [1.807, 2.05) is 36.4 Å². The van der Waals surface area contributed by atoms with Crippen LogP contribution in [0.15, 0.2) is 57.3 Å². The third-order valence-corrected chi connectivity index (χ3v) is 3.79. The number of hydrogen-bond acceptors (Lipinski definition) is 6. The smallest absolute Gasteiger partial charge is 0.334 e. The van der Waals surface area contributed by atoms with E-state index in [1.165, 1.54) is 0 Å². The molecule has 2 aliphatic rings. The minimum absolute atomic E-state index is 0.216. The van der Waals surface area contributed by atoms with Gasteiger partial charge in [-0.1, -0.05) is 29.5 Å². The number of esters is 1. The number of carbonyl (C=O) groups excluding carboxylic acids is 1. The minimum Gasteiger partial charge on any atom is -0.463 e. The summed E-state index contributed by atoms with van der Waals surface area (Å²) in [6, 6.07) is 5.86. The first kappa shape index (κ1) is 16.6. The van der Waals surface area contributed by atoms with Crippen molar-refractivity contribution in [3.05, 3.63) is 53.1 Å². The van der Waals surface area contributed by atoms with Gasteiger partial charge in [-0.2, -0.15) is 0 Å². The zero-order valence-corrected chi connectivity index (χ0v) is 13.9. The molecule has 0 atom stereocenters. The van der Waals surface area contributed by atoms with Crippen molar-refractivity contribution in [1.29, 1.82) is 0 Å². The number of carbonyl (C=O) groups is 1. The fraction of sp³-hybridized carbons (Fsp3) is 0.222. The molecule has 2 aliphatic heterocycles. The lowest BCUT2D eigenvalue weighted by Gasteiger charge is -2.13. The zero-order valence-electron chi connectivity index (χ0n) is 13.9. The van der Waals surface area contributed by atoms with E-state index in [0.717, 1.165) is 23.4 Å². The van der Waals surface area contributed by atoms with Crippen LogP contribution in [-0.2, 0) is 9.53 Å². The molecule has 0 amide bonds. The van der Waals surface area contributed by atoms with Crippen molar-refractivity contribution < 1.29 is 9.53 Å². The monoisotopic (exact) mass is 337 g/mol. The number of nitrogens with one attached hydrogen (secondary N) is 1. The van der Waals surface area contributed by atoms with Gasteiger partial charge in [-0.05, 0) is 30.7 Å². The zero-order chi connectivity index (χ0) is 17.6. The number of benzene rings is 1. The molecule has 1 aromatic carbocycles. The first-order chi connectivity index (χ1) is 12.2. The van der Waals surface area contributed by atoms with Crippen LogP contribution in [0.1, 0.15) is 24.5 Å². The van der Waals surface area contributed by atoms with Crippen molar-refractivity contribution in [2.45, 2.75) is 13.3 Å². The minimum atomic E-state index is -0.388. The second-order valence-corrected chi connectivity index (χ2v) is 5.47. The summed E-state index contributed by atoms with van der Waals surface area (Å²) in [6.45, 7) is 2.86. The molecule has 0 fully saturated rings. The number of rotatable bonds is 3. The number of allylic oxidation sites excluding steroid dienone is 2. The van der Waals surface area contributed by atoms with Crippen molar-refractivity contribution in [3.63, 3.8) is 0 Å². The fourth-order valence-corrected chi connectivity index (χ4v) is 2.66. The van der Waals surface area contributed by atoms with Gasteiger partial charge in [-0.25, -0.2) is 9.79 Å². The highest BCUT2D eigenvalue weighted by Crippen LogP contribution is 2.31. The van der Waals surface area contributed by atoms with Crippen LogP contribution in [0.4, 0.5) is 5.69 Å². The van der Waals surface area contributed by atoms with Gasteiger partial charge in [0.25, 0.3) is 0 Å². The van der Waals surface area contributed by atoms with E-state index < -0.39 is 0 Å². The SMILES string of the molecule is CCOC(=O)C1=Cc2ccc(C3=CC=CCN3)cc2N=C(N=NN)C1. The quantitative estimate of drug-likeness (QED) is 0.383. The number of nitrogens with two attached hydrogens (primary N) is 1. The Kier molecular flexibility index (Phi) is 5.03. The van der Waals surface area contributed by atoms with E-state index in [2.05, 4.69) is 20.6 Å². The average Bonchev–Trinajstić information content (AvgIpc) is 2.81. The van der Waals surface area contributed by atoms with Crippen LogP contribution in [0.5, 0.6) is 0 Å². The molecule has 2 heterocycles. The van der Waals surface area contributed by atoms with E-state index in [-0.39, 0.29) is 12.4 Å². The molecular formula is C18H19N5O2. The predicted octanol–water partition coefficient (Wildman–Crippen LogP) is 2.89. The highest BCUT2D eigenvalue weighted by Gasteiger charge is 2.19. The van der Waals surface area contributed by atoms with Gasteiger partial charge in [0, 0.05) is 29.8 Å². The summed E-state index contributed by atoms with van der Waals surface area (Å²) in [4.78, 5) is 16.7. The Balaban J connectivity index is 2.04. The Bertz CT molecular complexity index is 834. The van der Waals surface area contributed by atoms with Gasteiger partial charge in [-0.3, -0.25) is 0 Å². The molecule has 1 aromatic rings. The number of aliphatic imine (C=N–C) groups is 1. The molecule has 25 heavy (non-hydrogen) atoms. The average molecular weight is 337 g/mol. The normalized spacial score (nSPS) is 16.3. The number of fused-ring (bicyclic) bond motifs is 1. The Morgan fingerprint density at radius 1 is 1.44 bits per heavy atom. The Morgan fingerprint density at radius 3 is 3.04 bits per heavy atom. The molecule has 0 unspecified atom stereocenters. The molecule has 0 bridgehead atoms. The van der Waals surface area contributed by atoms with Gasteiger partial charge in [0.1, 0.15) is 0 Å². The van der Waals surface area contributed by atoms with Crippen LogP contribution in [0.2, 0.25) is 0 Å². The van der Waals surface area contributed by atoms with Crippen LogP contribution < -0.4 is 11.2 Å². The Labute approximate surface area is 145 Å². The molecule has 3 N–H and O–H groups in total. The standard InChI is InChI=1S/C18H19N5O2/c1-2-25-18(24)14-9-12-6-7-13(15-5-3-4-8-20-15)10-16(12)21-17(11-14)22-23-19/h3-7,9-10,20H,2,8,11H2,1H3,(H2,19,21,22). The summed E-state index contributed by atoms with van der Waals surface area (Å²) < 4.78 is 5.10. The molecule has 0 saturated heterocycles. The molecule has 128 valence electrons. The number of nitrogens with zero attached hydrogens (tertiary/aromatic N) is 3. The maximum absolute atomic E-state index is 12.1. The summed E-state index contributed by atoms with van der Waals surface area (Å²) in [5, 5.41) is 10.5. The summed E-state index contributed by atoms with van der Waals surface area (Å²) in [5.74, 6) is 5.15. The first-order valence-electron chi connectivity index (χ1n) is 8.02. The van der Waals surface area contributed by atoms with Gasteiger partial charge < -0.3 is 15.9 Å². The molecule has 7 nitrogen and oxygen atoms in total. The fourth-order valence-electron chi connectivity index (χ4n) is 2.66. The van der Waals surface area contributed by atoms with E-state index in [9.17, 15) is 4.79 Å². The number of ether oxygens (including phenoxy) is 1. The van der Waals surface area contributed by atoms with Crippen LogP contribution in [0.25, 0.3) is 11.8 Å². The van der Waals surface area contributed by atoms with E-state index >= 15 is 0 Å². The number of hydrogen-bond donors (Lipinski definition) is 2. The Hall–Kier alpha value is -3.22. The topological polar surface area (TPSA) is 101 Å². The van der Waals surface area contributed by atoms with Crippen LogP contribution >= 0.6 is 0 Å². The Morgan fingerprint density at radius 2 is 2.32 bits per heavy atom. The molecule has 0 radical (unpaired) electrons. The van der Waals surface area contributed by atoms with E-state index in [4.69, 9.17) is 10.6 Å². The number of amidine groups is 1. The van der Waals surface area contributed by atoms with Crippen molar-refractivity contribution in [2.24, 2.45) is 21.2 Å². The molecule has 0 aromatic heterocycles. The predicted molar refractivity (Wildman–Crippen MR) is 96.9 cm³/mol. The lowest BCUT2D eigenvalue weighted by molar-refractivity contribution is -0.138. The first-order valence-corrected chi connectivity index (χ1v) is 8.02. The molecule has 7 heteroatoms. The summed E-state index contributed by atoms with van der Waals surface area (Å²) >= 11 is 0. The lowest BCUT2D eigenvalue weighted by Crippen LogP contribution is -2.14. The second-order valence-electron chi connectivity index (χ2n) is 5.47. The second kappa shape index (κ2) is 7.57. The highest BCUT2D eigenvalue weighted by molar-refractivity contribution is 6.03. The van der Waals surface area contributed by atoms with Gasteiger partial charge in [0.2, 0.25) is 0 Å². The van der Waals surface area contributed by atoms with Gasteiger partial charge >= 0.3 is 5.97 Å². The number of dihydropyridines is 1. The maximum atomic E-state index is 12.1. The van der Waals surface area contributed by atoms with Crippen LogP contribution in [0.3, 0.4) is 0 Å². The summed E-state index contributed by atoms with van der Waals surface area (Å²) in [7, 11) is 0. The molecular weight excluding hydrogens is 318 g/mol. The third kappa shape index (κ3) is 3.82. The van der Waals surface area contributed by atoms with Gasteiger partial charge in [0.05, 0.1) is 12.3 Å². The van der Waals surface area contributed by atoms with Gasteiger partial charge in [0.15, 0.2) is 5.84 Å².